The molecule has 0 atom stereocenters. The lowest BCUT2D eigenvalue weighted by molar-refractivity contribution is 1.10. The summed E-state index contributed by atoms with van der Waals surface area (Å²) in [5.74, 6) is 6.70. The highest BCUT2D eigenvalue weighted by molar-refractivity contribution is 7.15. The summed E-state index contributed by atoms with van der Waals surface area (Å²) < 4.78 is 0. The number of hydrazine groups is 1. The maximum Gasteiger partial charge on any atom is 0.171 e. The third kappa shape index (κ3) is 2.14. The van der Waals surface area contributed by atoms with Crippen LogP contribution in [-0.4, -0.2) is 9.97 Å². The minimum atomic E-state index is 0.642. The number of hydrogen-bond donors (Lipinski definition) is 2. The Kier molecular flexibility index (Phi) is 2.66. The molecule has 2 aromatic heterocycles. The number of hydrogen-bond acceptors (Lipinski definition) is 5. The first-order valence-corrected chi connectivity index (χ1v) is 5.40. The molecular formula is C10H12N4S. The molecule has 5 heteroatoms. The van der Waals surface area contributed by atoms with Crippen molar-refractivity contribution in [3.63, 3.8) is 0 Å². The fourth-order valence-corrected chi connectivity index (χ4v) is 2.11. The smallest absolute Gasteiger partial charge is 0.171 e. The first-order chi connectivity index (χ1) is 7.19. The number of nitrogens with one attached hydrogen (secondary N) is 1. The highest BCUT2D eigenvalue weighted by atomic mass is 32.1. The van der Waals surface area contributed by atoms with Crippen LogP contribution in [0.3, 0.4) is 0 Å². The minimum Gasteiger partial charge on any atom is -0.308 e. The second-order valence-electron chi connectivity index (χ2n) is 3.27. The van der Waals surface area contributed by atoms with Crippen molar-refractivity contribution in [1.29, 1.82) is 0 Å². The van der Waals surface area contributed by atoms with E-state index in [1.807, 2.05) is 19.1 Å². The molecule has 0 aliphatic heterocycles. The van der Waals surface area contributed by atoms with Gasteiger partial charge in [-0.15, -0.1) is 11.3 Å². The standard InChI is InChI=1S/C10H12N4S/c1-6-5-9(14-11)13-10(12-6)8-4-3-7(2)15-8/h3-5H,11H2,1-2H3,(H,12,13,14). The minimum absolute atomic E-state index is 0.642. The van der Waals surface area contributed by atoms with Gasteiger partial charge in [0.05, 0.1) is 4.88 Å². The number of aryl methyl sites for hydroxylation is 2. The second kappa shape index (κ2) is 3.96. The van der Waals surface area contributed by atoms with Crippen molar-refractivity contribution in [2.45, 2.75) is 13.8 Å². The Morgan fingerprint density at radius 3 is 2.67 bits per heavy atom. The van der Waals surface area contributed by atoms with Crippen LogP contribution in [0.25, 0.3) is 10.7 Å². The summed E-state index contributed by atoms with van der Waals surface area (Å²) in [7, 11) is 0. The monoisotopic (exact) mass is 220 g/mol. The highest BCUT2D eigenvalue weighted by Crippen LogP contribution is 2.25. The Hall–Kier alpha value is -1.46. The zero-order valence-electron chi connectivity index (χ0n) is 8.61. The Morgan fingerprint density at radius 2 is 2.07 bits per heavy atom. The number of aromatic nitrogens is 2. The van der Waals surface area contributed by atoms with Gasteiger partial charge in [-0.05, 0) is 26.0 Å². The van der Waals surface area contributed by atoms with Gasteiger partial charge in [-0.2, -0.15) is 0 Å². The largest absolute Gasteiger partial charge is 0.308 e. The molecule has 0 aliphatic rings. The summed E-state index contributed by atoms with van der Waals surface area (Å²) >= 11 is 1.68. The third-order valence-corrected chi connectivity index (χ3v) is 2.96. The molecule has 0 aromatic carbocycles. The van der Waals surface area contributed by atoms with Crippen LogP contribution in [0.2, 0.25) is 0 Å². The van der Waals surface area contributed by atoms with Crippen LogP contribution in [0.1, 0.15) is 10.6 Å². The van der Waals surface area contributed by atoms with Gasteiger partial charge in [0, 0.05) is 16.6 Å². The lowest BCUT2D eigenvalue weighted by atomic mass is 10.3. The average molecular weight is 220 g/mol. The van der Waals surface area contributed by atoms with E-state index < -0.39 is 0 Å². The Labute approximate surface area is 92.2 Å². The van der Waals surface area contributed by atoms with E-state index in [1.165, 1.54) is 4.88 Å². The summed E-state index contributed by atoms with van der Waals surface area (Å²) in [5.41, 5.74) is 3.44. The number of nitrogens with zero attached hydrogens (tertiary/aromatic N) is 2. The molecule has 2 rings (SSSR count). The first kappa shape index (κ1) is 10.1. The Morgan fingerprint density at radius 1 is 1.27 bits per heavy atom. The number of rotatable bonds is 2. The zero-order chi connectivity index (χ0) is 10.8. The van der Waals surface area contributed by atoms with Crippen LogP contribution in [0.4, 0.5) is 5.82 Å². The Balaban J connectivity index is 2.48. The molecule has 2 aromatic rings. The van der Waals surface area contributed by atoms with Crippen molar-refractivity contribution < 1.29 is 0 Å². The van der Waals surface area contributed by atoms with Crippen molar-refractivity contribution in [1.82, 2.24) is 9.97 Å². The quantitative estimate of drug-likeness (QED) is 0.601. The highest BCUT2D eigenvalue weighted by Gasteiger charge is 2.06. The van der Waals surface area contributed by atoms with E-state index in [-0.39, 0.29) is 0 Å². The van der Waals surface area contributed by atoms with Crippen molar-refractivity contribution in [2.75, 3.05) is 5.43 Å². The van der Waals surface area contributed by atoms with E-state index >= 15 is 0 Å². The summed E-state index contributed by atoms with van der Waals surface area (Å²) in [6, 6.07) is 5.89. The van der Waals surface area contributed by atoms with Crippen LogP contribution in [0.5, 0.6) is 0 Å². The summed E-state index contributed by atoms with van der Waals surface area (Å²) in [6.45, 7) is 3.98. The fourth-order valence-electron chi connectivity index (χ4n) is 1.31. The number of nitrogens with two attached hydrogens (primary N) is 1. The van der Waals surface area contributed by atoms with Crippen molar-refractivity contribution in [3.8, 4) is 10.7 Å². The van der Waals surface area contributed by atoms with E-state index in [4.69, 9.17) is 5.84 Å². The first-order valence-electron chi connectivity index (χ1n) is 4.58. The molecule has 0 fully saturated rings. The summed E-state index contributed by atoms with van der Waals surface area (Å²) in [6.07, 6.45) is 0. The predicted octanol–water partition coefficient (Wildman–Crippen LogP) is 2.11. The normalized spacial score (nSPS) is 10.3. The molecule has 0 saturated carbocycles. The van der Waals surface area contributed by atoms with Gasteiger partial charge in [-0.1, -0.05) is 0 Å². The van der Waals surface area contributed by atoms with Gasteiger partial charge in [0.25, 0.3) is 0 Å². The van der Waals surface area contributed by atoms with Crippen LogP contribution < -0.4 is 11.3 Å². The van der Waals surface area contributed by atoms with Crippen molar-refractivity contribution in [3.05, 3.63) is 28.8 Å². The SMILES string of the molecule is Cc1cc(NN)nc(-c2ccc(C)s2)n1. The third-order valence-electron chi connectivity index (χ3n) is 1.96. The van der Waals surface area contributed by atoms with E-state index in [1.54, 1.807) is 11.3 Å². The van der Waals surface area contributed by atoms with Crippen LogP contribution in [-0.2, 0) is 0 Å². The number of thiophene rings is 1. The molecule has 0 radical (unpaired) electrons. The molecule has 78 valence electrons. The van der Waals surface area contributed by atoms with Crippen LogP contribution in [0, 0.1) is 13.8 Å². The topological polar surface area (TPSA) is 63.8 Å². The van der Waals surface area contributed by atoms with Gasteiger partial charge in [0.15, 0.2) is 5.82 Å². The summed E-state index contributed by atoms with van der Waals surface area (Å²) in [5, 5.41) is 0. The second-order valence-corrected chi connectivity index (χ2v) is 4.56. The molecule has 15 heavy (non-hydrogen) atoms. The van der Waals surface area contributed by atoms with Gasteiger partial charge < -0.3 is 5.43 Å². The lowest BCUT2D eigenvalue weighted by Gasteiger charge is -2.03. The van der Waals surface area contributed by atoms with Gasteiger partial charge in [-0.25, -0.2) is 15.8 Å². The molecule has 0 amide bonds. The molecule has 4 nitrogen and oxygen atoms in total. The maximum absolute atomic E-state index is 5.33. The number of anilines is 1. The number of nitrogen functional groups attached to an aromatic ring is 1. The van der Waals surface area contributed by atoms with E-state index in [9.17, 15) is 0 Å². The fraction of sp³-hybridized carbons (Fsp3) is 0.200. The lowest BCUT2D eigenvalue weighted by Crippen LogP contribution is -2.09. The molecule has 0 bridgehead atoms. The molecule has 3 N–H and O–H groups in total. The predicted molar refractivity (Wildman–Crippen MR) is 62.6 cm³/mol. The molecule has 0 spiro atoms. The van der Waals surface area contributed by atoms with Gasteiger partial charge in [-0.3, -0.25) is 0 Å². The van der Waals surface area contributed by atoms with Crippen LogP contribution in [0.15, 0.2) is 18.2 Å². The van der Waals surface area contributed by atoms with E-state index in [0.29, 0.717) is 5.82 Å². The molecule has 0 saturated heterocycles. The average Bonchev–Trinajstić information content (AvgIpc) is 2.64. The van der Waals surface area contributed by atoms with Crippen molar-refractivity contribution in [2.24, 2.45) is 5.84 Å². The van der Waals surface area contributed by atoms with Gasteiger partial charge in [0.1, 0.15) is 5.82 Å². The molecule has 0 aliphatic carbocycles. The van der Waals surface area contributed by atoms with Crippen LogP contribution >= 0.6 is 11.3 Å². The molecular weight excluding hydrogens is 208 g/mol. The molecule has 2 heterocycles. The van der Waals surface area contributed by atoms with E-state index in [2.05, 4.69) is 28.4 Å². The molecule has 0 unspecified atom stereocenters. The van der Waals surface area contributed by atoms with E-state index in [0.717, 1.165) is 16.4 Å². The zero-order valence-corrected chi connectivity index (χ0v) is 9.43. The summed E-state index contributed by atoms with van der Waals surface area (Å²) in [4.78, 5) is 11.0. The van der Waals surface area contributed by atoms with Gasteiger partial charge >= 0.3 is 0 Å². The van der Waals surface area contributed by atoms with Crippen molar-refractivity contribution >= 4 is 17.2 Å². The Bertz CT molecular complexity index is 478. The maximum atomic E-state index is 5.33. The van der Waals surface area contributed by atoms with Gasteiger partial charge in [0.2, 0.25) is 0 Å².